The van der Waals surface area contributed by atoms with Crippen LogP contribution >= 0.6 is 11.8 Å². The van der Waals surface area contributed by atoms with Crippen LogP contribution in [0.5, 0.6) is 0 Å². The number of hydrogen-bond donors (Lipinski definition) is 0. The molecule has 0 bridgehead atoms. The highest BCUT2D eigenvalue weighted by Gasteiger charge is 2.10. The van der Waals surface area contributed by atoms with Crippen molar-refractivity contribution < 1.29 is 0 Å². The molecule has 3 aromatic carbocycles. The first-order chi connectivity index (χ1) is 10.3. The maximum atomic E-state index is 2.21. The molecule has 0 radical (unpaired) electrons. The molecule has 0 aromatic heterocycles. The minimum Gasteiger partial charge on any atom is -0.128 e. The Balaban J connectivity index is 2.17. The number of thioether (sulfide) groups is 1. The monoisotopic (exact) mass is 290 g/mol. The topological polar surface area (TPSA) is 0 Å². The van der Waals surface area contributed by atoms with Crippen molar-refractivity contribution in [2.75, 3.05) is 6.26 Å². The highest BCUT2D eigenvalue weighted by Crippen LogP contribution is 2.38. The van der Waals surface area contributed by atoms with Crippen molar-refractivity contribution in [2.24, 2.45) is 0 Å². The van der Waals surface area contributed by atoms with E-state index in [-0.39, 0.29) is 0 Å². The number of rotatable bonds is 3. The third-order valence-electron chi connectivity index (χ3n) is 3.67. The molecule has 0 aliphatic carbocycles. The molecule has 0 nitrogen and oxygen atoms in total. The highest BCUT2D eigenvalue weighted by molar-refractivity contribution is 7.98. The van der Waals surface area contributed by atoms with Crippen LogP contribution in [0.15, 0.2) is 77.7 Å². The fraction of sp³-hybridized carbons (Fsp3) is 0.100. The Kier molecular flexibility index (Phi) is 4.12. The molecule has 0 saturated heterocycles. The average Bonchev–Trinajstić information content (AvgIpc) is 2.55. The van der Waals surface area contributed by atoms with Crippen molar-refractivity contribution in [3.8, 4) is 22.3 Å². The Morgan fingerprint density at radius 1 is 0.619 bits per heavy atom. The van der Waals surface area contributed by atoms with Crippen molar-refractivity contribution in [2.45, 2.75) is 11.8 Å². The smallest absolute Gasteiger partial charge is 0.0226 e. The fourth-order valence-corrected chi connectivity index (χ4v) is 3.37. The summed E-state index contributed by atoms with van der Waals surface area (Å²) in [6, 6.07) is 25.9. The van der Waals surface area contributed by atoms with Gasteiger partial charge in [-0.2, -0.15) is 0 Å². The van der Waals surface area contributed by atoms with Gasteiger partial charge in [0.25, 0.3) is 0 Å². The molecular formula is C20H18S. The second-order valence-electron chi connectivity index (χ2n) is 5.12. The lowest BCUT2D eigenvalue weighted by Crippen LogP contribution is -1.87. The predicted molar refractivity (Wildman–Crippen MR) is 93.8 cm³/mol. The first-order valence-corrected chi connectivity index (χ1v) is 8.31. The van der Waals surface area contributed by atoms with Gasteiger partial charge in [0.05, 0.1) is 0 Å². The lowest BCUT2D eigenvalue weighted by Gasteiger charge is -2.13. The van der Waals surface area contributed by atoms with E-state index in [4.69, 9.17) is 0 Å². The molecule has 3 aromatic rings. The molecule has 104 valence electrons. The summed E-state index contributed by atoms with van der Waals surface area (Å²) >= 11 is 1.82. The van der Waals surface area contributed by atoms with Crippen LogP contribution in [0.25, 0.3) is 22.3 Å². The Labute approximate surface area is 130 Å². The van der Waals surface area contributed by atoms with Crippen molar-refractivity contribution >= 4 is 11.8 Å². The molecule has 21 heavy (non-hydrogen) atoms. The summed E-state index contributed by atoms with van der Waals surface area (Å²) in [5.74, 6) is 0. The van der Waals surface area contributed by atoms with E-state index in [9.17, 15) is 0 Å². The summed E-state index contributed by atoms with van der Waals surface area (Å²) in [4.78, 5) is 1.34. The van der Waals surface area contributed by atoms with Gasteiger partial charge in [-0.15, -0.1) is 11.8 Å². The molecule has 0 N–H and O–H groups in total. The fourth-order valence-electron chi connectivity index (χ4n) is 2.56. The Hall–Kier alpha value is -1.99. The SMILES string of the molecule is CSc1c(-c2ccccc2)cccc1-c1ccc(C)cc1. The third-order valence-corrected chi connectivity index (χ3v) is 4.51. The van der Waals surface area contributed by atoms with Crippen molar-refractivity contribution in [3.63, 3.8) is 0 Å². The molecule has 1 heteroatoms. The van der Waals surface area contributed by atoms with E-state index in [1.807, 2.05) is 11.8 Å². The molecule has 0 fully saturated rings. The van der Waals surface area contributed by atoms with E-state index in [2.05, 4.69) is 86.0 Å². The van der Waals surface area contributed by atoms with Gasteiger partial charge in [0.2, 0.25) is 0 Å². The van der Waals surface area contributed by atoms with Crippen molar-refractivity contribution in [1.29, 1.82) is 0 Å². The van der Waals surface area contributed by atoms with Gasteiger partial charge in [0.15, 0.2) is 0 Å². The van der Waals surface area contributed by atoms with E-state index in [1.54, 1.807) is 0 Å². The Morgan fingerprint density at radius 2 is 1.19 bits per heavy atom. The zero-order chi connectivity index (χ0) is 14.7. The lowest BCUT2D eigenvalue weighted by atomic mass is 9.98. The second kappa shape index (κ2) is 6.19. The predicted octanol–water partition coefficient (Wildman–Crippen LogP) is 6.05. The molecule has 0 unspecified atom stereocenters. The molecule has 0 amide bonds. The van der Waals surface area contributed by atoms with Gasteiger partial charge in [-0.25, -0.2) is 0 Å². The lowest BCUT2D eigenvalue weighted by molar-refractivity contribution is 1.41. The van der Waals surface area contributed by atoms with Crippen molar-refractivity contribution in [1.82, 2.24) is 0 Å². The van der Waals surface area contributed by atoms with Crippen LogP contribution in [0.4, 0.5) is 0 Å². The summed E-state index contributed by atoms with van der Waals surface area (Å²) in [5, 5.41) is 0. The van der Waals surface area contributed by atoms with Gasteiger partial charge < -0.3 is 0 Å². The molecular weight excluding hydrogens is 272 g/mol. The van der Waals surface area contributed by atoms with Crippen LogP contribution in [0.3, 0.4) is 0 Å². The third kappa shape index (κ3) is 2.88. The molecule has 0 aliphatic rings. The van der Waals surface area contributed by atoms with Crippen LogP contribution in [-0.4, -0.2) is 6.26 Å². The zero-order valence-corrected chi connectivity index (χ0v) is 13.2. The van der Waals surface area contributed by atoms with Crippen molar-refractivity contribution in [3.05, 3.63) is 78.4 Å². The van der Waals surface area contributed by atoms with Gasteiger partial charge in [-0.1, -0.05) is 78.4 Å². The molecule has 3 rings (SSSR count). The number of benzene rings is 3. The Morgan fingerprint density at radius 3 is 1.76 bits per heavy atom. The summed E-state index contributed by atoms with van der Waals surface area (Å²) in [6.45, 7) is 2.12. The summed E-state index contributed by atoms with van der Waals surface area (Å²) in [5.41, 5.74) is 6.47. The second-order valence-corrected chi connectivity index (χ2v) is 5.93. The zero-order valence-electron chi connectivity index (χ0n) is 12.3. The van der Waals surface area contributed by atoms with E-state index in [1.165, 1.54) is 32.7 Å². The maximum absolute atomic E-state index is 2.21. The molecule has 0 heterocycles. The summed E-state index contributed by atoms with van der Waals surface area (Å²) in [7, 11) is 0. The van der Waals surface area contributed by atoms with E-state index in [0.717, 1.165) is 0 Å². The van der Waals surface area contributed by atoms with Gasteiger partial charge in [-0.05, 0) is 35.4 Å². The maximum Gasteiger partial charge on any atom is 0.0226 e. The van der Waals surface area contributed by atoms with E-state index in [0.29, 0.717) is 0 Å². The van der Waals surface area contributed by atoms with Gasteiger partial charge in [-0.3, -0.25) is 0 Å². The summed E-state index contributed by atoms with van der Waals surface area (Å²) < 4.78 is 0. The summed E-state index contributed by atoms with van der Waals surface area (Å²) in [6.07, 6.45) is 2.15. The largest absolute Gasteiger partial charge is 0.128 e. The molecule has 0 spiro atoms. The number of aryl methyl sites for hydroxylation is 1. The first-order valence-electron chi connectivity index (χ1n) is 7.09. The van der Waals surface area contributed by atoms with Crippen LogP contribution in [0.2, 0.25) is 0 Å². The van der Waals surface area contributed by atoms with Gasteiger partial charge >= 0.3 is 0 Å². The average molecular weight is 290 g/mol. The van der Waals surface area contributed by atoms with Crippen LogP contribution in [-0.2, 0) is 0 Å². The first kappa shape index (κ1) is 14.0. The van der Waals surface area contributed by atoms with E-state index < -0.39 is 0 Å². The minimum atomic E-state index is 1.27. The normalized spacial score (nSPS) is 10.6. The van der Waals surface area contributed by atoms with Gasteiger partial charge in [0.1, 0.15) is 0 Å². The van der Waals surface area contributed by atoms with Crippen LogP contribution in [0.1, 0.15) is 5.56 Å². The highest BCUT2D eigenvalue weighted by atomic mass is 32.2. The Bertz CT molecular complexity index is 728. The van der Waals surface area contributed by atoms with Crippen LogP contribution < -0.4 is 0 Å². The van der Waals surface area contributed by atoms with Crippen LogP contribution in [0, 0.1) is 6.92 Å². The van der Waals surface area contributed by atoms with Gasteiger partial charge in [0, 0.05) is 4.90 Å². The molecule has 0 atom stereocenters. The minimum absolute atomic E-state index is 1.27. The quantitative estimate of drug-likeness (QED) is 0.529. The molecule has 0 saturated carbocycles. The van der Waals surface area contributed by atoms with E-state index >= 15 is 0 Å². The molecule has 0 aliphatic heterocycles. The standard InChI is InChI=1S/C20H18S/c1-15-11-13-17(14-12-15)19-10-6-9-18(20(19)21-2)16-7-4-3-5-8-16/h3-14H,1-2H3. The number of hydrogen-bond acceptors (Lipinski definition) is 1.